The van der Waals surface area contributed by atoms with E-state index in [0.29, 0.717) is 12.3 Å². The monoisotopic (exact) mass is 212 g/mol. The third-order valence-corrected chi connectivity index (χ3v) is 2.19. The molecule has 1 saturated carbocycles. The molecule has 4 N–H and O–H groups in total. The number of nitrogens with two attached hydrogens (primary N) is 2. The van der Waals surface area contributed by atoms with Gasteiger partial charge in [0.2, 0.25) is 5.96 Å². The van der Waals surface area contributed by atoms with Crippen LogP contribution in [0.3, 0.4) is 0 Å². The summed E-state index contributed by atoms with van der Waals surface area (Å²) in [5.41, 5.74) is 11.0. The molecule has 15 heavy (non-hydrogen) atoms. The summed E-state index contributed by atoms with van der Waals surface area (Å²) in [5.74, 6) is -0.607. The van der Waals surface area contributed by atoms with Gasteiger partial charge in [-0.1, -0.05) is 0 Å². The van der Waals surface area contributed by atoms with Crippen LogP contribution in [-0.4, -0.2) is 24.2 Å². The van der Waals surface area contributed by atoms with Gasteiger partial charge in [0.15, 0.2) is 0 Å². The van der Waals surface area contributed by atoms with Gasteiger partial charge in [0.25, 0.3) is 0 Å². The van der Waals surface area contributed by atoms with Crippen LogP contribution in [0.1, 0.15) is 26.2 Å². The van der Waals surface area contributed by atoms with E-state index in [9.17, 15) is 4.79 Å². The molecule has 6 nitrogen and oxygen atoms in total. The Hall–Kier alpha value is -1.59. The highest BCUT2D eigenvalue weighted by Crippen LogP contribution is 2.24. The largest absolute Gasteiger partial charge is 0.465 e. The van der Waals surface area contributed by atoms with Gasteiger partial charge in [-0.05, 0) is 26.2 Å². The summed E-state index contributed by atoms with van der Waals surface area (Å²) in [6.45, 7) is 2.16. The van der Waals surface area contributed by atoms with Gasteiger partial charge in [-0.15, -0.1) is 5.10 Å². The van der Waals surface area contributed by atoms with Crippen LogP contribution in [0.25, 0.3) is 0 Å². The van der Waals surface area contributed by atoms with Gasteiger partial charge in [-0.3, -0.25) is 4.79 Å². The van der Waals surface area contributed by atoms with Crippen molar-refractivity contribution in [1.29, 1.82) is 0 Å². The maximum atomic E-state index is 11.5. The topological polar surface area (TPSA) is 103 Å². The Morgan fingerprint density at radius 1 is 1.60 bits per heavy atom. The molecular formula is C9H16N4O2. The Morgan fingerprint density at radius 2 is 2.33 bits per heavy atom. The van der Waals surface area contributed by atoms with Crippen molar-refractivity contribution >= 4 is 17.6 Å². The fourth-order valence-electron chi connectivity index (χ4n) is 1.57. The normalized spacial score (nSPS) is 22.7. The van der Waals surface area contributed by atoms with Crippen molar-refractivity contribution in [3.05, 3.63) is 0 Å². The Labute approximate surface area is 88.4 Å². The molecule has 84 valence electrons. The number of esters is 1. The van der Waals surface area contributed by atoms with E-state index in [1.807, 2.05) is 0 Å². The molecule has 0 amide bonds. The smallest absolute Gasteiger partial charge is 0.314 e. The first-order chi connectivity index (χ1) is 7.15. The van der Waals surface area contributed by atoms with E-state index in [-0.39, 0.29) is 17.8 Å². The second-order valence-electron chi connectivity index (χ2n) is 3.31. The number of carbonyl (C=O) groups is 1. The van der Waals surface area contributed by atoms with Crippen LogP contribution in [0, 0.1) is 5.92 Å². The van der Waals surface area contributed by atoms with Gasteiger partial charge < -0.3 is 16.2 Å². The summed E-state index contributed by atoms with van der Waals surface area (Å²) >= 11 is 0. The van der Waals surface area contributed by atoms with Gasteiger partial charge in [-0.2, -0.15) is 5.10 Å². The molecule has 0 aromatic carbocycles. The first-order valence-electron chi connectivity index (χ1n) is 4.97. The zero-order valence-electron chi connectivity index (χ0n) is 8.77. The average Bonchev–Trinajstić information content (AvgIpc) is 2.62. The molecule has 1 aliphatic carbocycles. The predicted molar refractivity (Wildman–Crippen MR) is 57.2 cm³/mol. The van der Waals surface area contributed by atoms with Gasteiger partial charge in [0.1, 0.15) is 0 Å². The molecule has 0 aromatic rings. The highest BCUT2D eigenvalue weighted by molar-refractivity contribution is 6.03. The van der Waals surface area contributed by atoms with Crippen molar-refractivity contribution in [1.82, 2.24) is 0 Å². The van der Waals surface area contributed by atoms with Crippen molar-refractivity contribution in [3.8, 4) is 0 Å². The Bertz CT molecular complexity index is 294. The molecule has 1 aliphatic rings. The third-order valence-electron chi connectivity index (χ3n) is 2.19. The number of guanidine groups is 1. The lowest BCUT2D eigenvalue weighted by Gasteiger charge is -2.08. The second kappa shape index (κ2) is 5.33. The second-order valence-corrected chi connectivity index (χ2v) is 3.31. The summed E-state index contributed by atoms with van der Waals surface area (Å²) in [5, 5.41) is 7.41. The zero-order chi connectivity index (χ0) is 11.3. The van der Waals surface area contributed by atoms with Crippen molar-refractivity contribution in [2.45, 2.75) is 26.2 Å². The number of carbonyl (C=O) groups excluding carboxylic acids is 1. The maximum Gasteiger partial charge on any atom is 0.314 e. The first-order valence-corrected chi connectivity index (χ1v) is 4.97. The molecular weight excluding hydrogens is 196 g/mol. The minimum absolute atomic E-state index is 0.1000. The van der Waals surface area contributed by atoms with E-state index >= 15 is 0 Å². The molecule has 0 saturated heterocycles. The standard InChI is InChI=1S/C9H16N4O2/c1-2-15-8(14)6-4-3-5-7(6)12-13-9(10)11/h6H,2-5H2,1H3,(H4,10,11,13)/b12-7+. The molecule has 1 rings (SSSR count). The van der Waals surface area contributed by atoms with Crippen LogP contribution >= 0.6 is 0 Å². The van der Waals surface area contributed by atoms with Crippen LogP contribution in [0.2, 0.25) is 0 Å². The number of nitrogens with zero attached hydrogens (tertiary/aromatic N) is 2. The van der Waals surface area contributed by atoms with E-state index in [4.69, 9.17) is 16.2 Å². The minimum atomic E-state index is -0.270. The van der Waals surface area contributed by atoms with E-state index in [1.54, 1.807) is 6.92 Å². The zero-order valence-corrected chi connectivity index (χ0v) is 8.77. The average molecular weight is 212 g/mol. The molecule has 0 radical (unpaired) electrons. The molecule has 0 bridgehead atoms. The fraction of sp³-hybridized carbons (Fsp3) is 0.667. The lowest BCUT2D eigenvalue weighted by atomic mass is 10.1. The number of hydrogen-bond acceptors (Lipinski definition) is 4. The predicted octanol–water partition coefficient (Wildman–Crippen LogP) is -0.0210. The first kappa shape index (κ1) is 11.5. The number of ether oxygens (including phenoxy) is 1. The molecule has 0 aromatic heterocycles. The summed E-state index contributed by atoms with van der Waals surface area (Å²) in [7, 11) is 0. The third kappa shape index (κ3) is 3.23. The van der Waals surface area contributed by atoms with Gasteiger partial charge in [0, 0.05) is 0 Å². The highest BCUT2D eigenvalue weighted by atomic mass is 16.5. The Morgan fingerprint density at radius 3 is 2.93 bits per heavy atom. The molecule has 0 heterocycles. The van der Waals surface area contributed by atoms with E-state index in [0.717, 1.165) is 19.3 Å². The molecule has 0 aliphatic heterocycles. The SMILES string of the molecule is CCOC(=O)C1CCC/C1=N\N=C(N)N. The highest BCUT2D eigenvalue weighted by Gasteiger charge is 2.30. The molecule has 1 unspecified atom stereocenters. The van der Waals surface area contributed by atoms with Gasteiger partial charge in [0.05, 0.1) is 18.2 Å². The van der Waals surface area contributed by atoms with E-state index < -0.39 is 0 Å². The van der Waals surface area contributed by atoms with Crippen LogP contribution in [-0.2, 0) is 9.53 Å². The number of hydrogen-bond donors (Lipinski definition) is 2. The summed E-state index contributed by atoms with van der Waals surface area (Å²) in [6, 6.07) is 0. The summed E-state index contributed by atoms with van der Waals surface area (Å²) in [6.07, 6.45) is 2.43. The van der Waals surface area contributed by atoms with E-state index in [2.05, 4.69) is 10.2 Å². The lowest BCUT2D eigenvalue weighted by Crippen LogP contribution is -2.24. The Balaban J connectivity index is 2.68. The summed E-state index contributed by atoms with van der Waals surface area (Å²) < 4.78 is 4.93. The van der Waals surface area contributed by atoms with Crippen molar-refractivity contribution in [2.24, 2.45) is 27.6 Å². The quantitative estimate of drug-likeness (QED) is 0.297. The van der Waals surface area contributed by atoms with Crippen molar-refractivity contribution in [2.75, 3.05) is 6.61 Å². The van der Waals surface area contributed by atoms with Crippen molar-refractivity contribution < 1.29 is 9.53 Å². The van der Waals surface area contributed by atoms with Crippen LogP contribution < -0.4 is 11.5 Å². The molecule has 1 atom stereocenters. The lowest BCUT2D eigenvalue weighted by molar-refractivity contribution is -0.145. The van der Waals surface area contributed by atoms with Crippen LogP contribution in [0.4, 0.5) is 0 Å². The minimum Gasteiger partial charge on any atom is -0.465 e. The molecule has 0 spiro atoms. The van der Waals surface area contributed by atoms with Gasteiger partial charge >= 0.3 is 5.97 Å². The fourth-order valence-corrected chi connectivity index (χ4v) is 1.57. The van der Waals surface area contributed by atoms with Crippen molar-refractivity contribution in [3.63, 3.8) is 0 Å². The van der Waals surface area contributed by atoms with Crippen LogP contribution in [0.15, 0.2) is 10.2 Å². The molecule has 1 fully saturated rings. The Kier molecular flexibility index (Phi) is 4.08. The number of rotatable bonds is 3. The maximum absolute atomic E-state index is 11.5. The van der Waals surface area contributed by atoms with Gasteiger partial charge in [-0.25, -0.2) is 0 Å². The summed E-state index contributed by atoms with van der Waals surface area (Å²) in [4.78, 5) is 11.5. The molecule has 6 heteroatoms. The van der Waals surface area contributed by atoms with E-state index in [1.165, 1.54) is 0 Å². The van der Waals surface area contributed by atoms with Crippen LogP contribution in [0.5, 0.6) is 0 Å².